The SMILES string of the molecule is C[C@]12CCC(=O)C=C1CC[C@H]1[C@@H]3CC[C@](O[N+](=O)[O-])(C(=O)COS(C)(=O)=O)[C@@]3(C)C[C@H](O)[C@@]12F. The summed E-state index contributed by atoms with van der Waals surface area (Å²) in [7, 11) is -4.01. The van der Waals surface area contributed by atoms with Gasteiger partial charge in [-0.05, 0) is 50.5 Å². The number of rotatable bonds is 6. The van der Waals surface area contributed by atoms with Gasteiger partial charge in [0, 0.05) is 23.2 Å². The topological polar surface area (TPSA) is 150 Å². The largest absolute Gasteiger partial charge is 0.390 e. The molecule has 3 fully saturated rings. The van der Waals surface area contributed by atoms with E-state index in [0.29, 0.717) is 18.4 Å². The lowest BCUT2D eigenvalue weighted by molar-refractivity contribution is -0.780. The smallest absolute Gasteiger partial charge is 0.295 e. The van der Waals surface area contributed by atoms with Crippen LogP contribution in [-0.4, -0.2) is 60.4 Å². The average Bonchev–Trinajstić information content (AvgIpc) is 2.99. The first kappa shape index (κ1) is 25.2. The number of hydrogen-bond donors (Lipinski definition) is 1. The second kappa shape index (κ2) is 7.79. The zero-order valence-corrected chi connectivity index (χ0v) is 20.2. The summed E-state index contributed by atoms with van der Waals surface area (Å²) in [6.07, 6.45) is 1.66. The van der Waals surface area contributed by atoms with Gasteiger partial charge >= 0.3 is 0 Å². The molecule has 4 aliphatic rings. The quantitative estimate of drug-likeness (QED) is 0.326. The fourth-order valence-electron chi connectivity index (χ4n) is 7.62. The molecular formula is C22H30FNO9S. The van der Waals surface area contributed by atoms with Crippen molar-refractivity contribution in [3.05, 3.63) is 21.8 Å². The summed E-state index contributed by atoms with van der Waals surface area (Å²) in [4.78, 5) is 41.7. The Balaban J connectivity index is 1.77. The summed E-state index contributed by atoms with van der Waals surface area (Å²) in [5.41, 5.74) is -5.89. The molecule has 4 aliphatic carbocycles. The molecule has 0 bridgehead atoms. The Morgan fingerprint density at radius 1 is 1.26 bits per heavy atom. The van der Waals surface area contributed by atoms with Crippen molar-refractivity contribution in [1.82, 2.24) is 0 Å². The normalized spacial score (nSPS) is 43.9. The number of aliphatic hydroxyl groups is 1. The van der Waals surface area contributed by atoms with Crippen LogP contribution in [0.2, 0.25) is 0 Å². The Kier molecular flexibility index (Phi) is 5.77. The van der Waals surface area contributed by atoms with Crippen LogP contribution in [0.1, 0.15) is 58.8 Å². The molecule has 0 unspecified atom stereocenters. The minimum Gasteiger partial charge on any atom is -0.390 e. The van der Waals surface area contributed by atoms with E-state index in [-0.39, 0.29) is 37.9 Å². The van der Waals surface area contributed by atoms with Crippen molar-refractivity contribution in [2.45, 2.75) is 76.2 Å². The van der Waals surface area contributed by atoms with E-state index in [2.05, 4.69) is 4.18 Å². The third-order valence-electron chi connectivity index (χ3n) is 9.25. The zero-order valence-electron chi connectivity index (χ0n) is 19.4. The second-order valence-electron chi connectivity index (χ2n) is 10.7. The maximum absolute atomic E-state index is 17.1. The number of ketones is 2. The molecule has 12 heteroatoms. The highest BCUT2D eigenvalue weighted by atomic mass is 32.2. The van der Waals surface area contributed by atoms with Gasteiger partial charge in [0.15, 0.2) is 17.2 Å². The molecule has 4 rings (SSSR count). The monoisotopic (exact) mass is 503 g/mol. The van der Waals surface area contributed by atoms with Gasteiger partial charge in [-0.3, -0.25) is 18.6 Å². The average molecular weight is 504 g/mol. The molecular weight excluding hydrogens is 473 g/mol. The molecule has 0 saturated heterocycles. The second-order valence-corrected chi connectivity index (χ2v) is 12.3. The first-order valence-electron chi connectivity index (χ1n) is 11.4. The molecule has 10 nitrogen and oxygen atoms in total. The number of halogens is 1. The van der Waals surface area contributed by atoms with Crippen LogP contribution in [0.5, 0.6) is 0 Å². The third-order valence-corrected chi connectivity index (χ3v) is 9.79. The highest BCUT2D eigenvalue weighted by Crippen LogP contribution is 2.70. The first-order valence-corrected chi connectivity index (χ1v) is 13.2. The minimum absolute atomic E-state index is 0.0691. The maximum Gasteiger partial charge on any atom is 0.295 e. The molecule has 1 N–H and O–H groups in total. The Morgan fingerprint density at radius 3 is 2.56 bits per heavy atom. The number of aliphatic hydroxyl groups excluding tert-OH is 1. The molecule has 0 aliphatic heterocycles. The summed E-state index contributed by atoms with van der Waals surface area (Å²) < 4.78 is 44.6. The van der Waals surface area contributed by atoms with Gasteiger partial charge in [-0.1, -0.05) is 19.4 Å². The number of allylic oxidation sites excluding steroid dienone is 1. The van der Waals surface area contributed by atoms with Gasteiger partial charge in [-0.25, -0.2) is 4.39 Å². The number of hydrogen-bond acceptors (Lipinski definition) is 9. The molecule has 0 spiro atoms. The van der Waals surface area contributed by atoms with Crippen molar-refractivity contribution in [3.8, 4) is 0 Å². The number of Topliss-reactive ketones (excluding diaryl/α,β-unsaturated/α-hetero) is 1. The molecule has 0 radical (unpaired) electrons. The predicted octanol–water partition coefficient (Wildman–Crippen LogP) is 2.07. The van der Waals surface area contributed by atoms with Crippen molar-refractivity contribution in [1.29, 1.82) is 0 Å². The molecule has 0 amide bonds. The fourth-order valence-corrected chi connectivity index (χ4v) is 7.94. The first-order chi connectivity index (χ1) is 15.6. The van der Waals surface area contributed by atoms with E-state index in [1.54, 1.807) is 13.8 Å². The number of carbonyl (C=O) groups excluding carboxylic acids is 2. The Morgan fingerprint density at radius 2 is 1.94 bits per heavy atom. The van der Waals surface area contributed by atoms with Gasteiger partial charge < -0.3 is 5.11 Å². The summed E-state index contributed by atoms with van der Waals surface area (Å²) in [5.74, 6) is -2.26. The Bertz CT molecular complexity index is 1080. The number of nitrogens with zero attached hydrogens (tertiary/aromatic N) is 1. The summed E-state index contributed by atoms with van der Waals surface area (Å²) >= 11 is 0. The van der Waals surface area contributed by atoms with Crippen LogP contribution in [0.3, 0.4) is 0 Å². The molecule has 7 atom stereocenters. The highest BCUT2D eigenvalue weighted by Gasteiger charge is 2.75. The van der Waals surface area contributed by atoms with Crippen LogP contribution >= 0.6 is 0 Å². The van der Waals surface area contributed by atoms with Crippen molar-refractivity contribution >= 4 is 21.7 Å². The van der Waals surface area contributed by atoms with E-state index in [4.69, 9.17) is 4.84 Å². The van der Waals surface area contributed by atoms with Crippen LogP contribution < -0.4 is 0 Å². The van der Waals surface area contributed by atoms with Crippen molar-refractivity contribution in [2.24, 2.45) is 22.7 Å². The van der Waals surface area contributed by atoms with Crippen molar-refractivity contribution in [2.75, 3.05) is 12.9 Å². The van der Waals surface area contributed by atoms with Crippen molar-refractivity contribution < 1.29 is 41.6 Å². The molecule has 0 aromatic rings. The molecule has 0 aromatic heterocycles. The molecule has 0 aromatic carbocycles. The standard InChI is InChI=1S/C22H30FNO9S/c1-19-8-6-14(25)10-13(19)4-5-16-15-7-9-21(33-24(28)29,18(27)12-32-34(3,30)31)20(15,2)11-17(26)22(16,19)23/h10,15-17,26H,4-9,11-12H2,1-3H3/t15-,16-,17-,19-,20-,21-,22-/m0/s1. The fraction of sp³-hybridized carbons (Fsp3) is 0.818. The summed E-state index contributed by atoms with van der Waals surface area (Å²) in [6, 6.07) is 0. The summed E-state index contributed by atoms with van der Waals surface area (Å²) in [5, 5.41) is 21.7. The van der Waals surface area contributed by atoms with Gasteiger partial charge in [0.05, 0.1) is 12.4 Å². The minimum atomic E-state index is -4.01. The van der Waals surface area contributed by atoms with Gasteiger partial charge in [-0.15, -0.1) is 10.1 Å². The van der Waals surface area contributed by atoms with E-state index in [1.807, 2.05) is 0 Å². The maximum atomic E-state index is 17.1. The molecule has 0 heterocycles. The van der Waals surface area contributed by atoms with E-state index in [9.17, 15) is 33.2 Å². The van der Waals surface area contributed by atoms with E-state index < -0.39 is 67.6 Å². The van der Waals surface area contributed by atoms with Crippen LogP contribution in [0.15, 0.2) is 11.6 Å². The number of fused-ring (bicyclic) bond motifs is 5. The van der Waals surface area contributed by atoms with E-state index in [1.165, 1.54) is 6.08 Å². The predicted molar refractivity (Wildman–Crippen MR) is 115 cm³/mol. The van der Waals surface area contributed by atoms with Gasteiger partial charge in [0.25, 0.3) is 15.2 Å². The van der Waals surface area contributed by atoms with Crippen LogP contribution in [0, 0.1) is 32.8 Å². The lowest BCUT2D eigenvalue weighted by Gasteiger charge is -2.63. The third kappa shape index (κ3) is 3.35. The van der Waals surface area contributed by atoms with E-state index >= 15 is 4.39 Å². The van der Waals surface area contributed by atoms with Gasteiger partial charge in [-0.2, -0.15) is 8.42 Å². The van der Waals surface area contributed by atoms with Crippen LogP contribution in [-0.2, 0) is 28.7 Å². The van der Waals surface area contributed by atoms with E-state index in [0.717, 1.165) is 6.26 Å². The van der Waals surface area contributed by atoms with Gasteiger partial charge in [0.1, 0.15) is 12.3 Å². The Hall–Kier alpha value is -1.92. The lowest BCUT2D eigenvalue weighted by atomic mass is 9.44. The van der Waals surface area contributed by atoms with Gasteiger partial charge in [0.2, 0.25) is 0 Å². The van der Waals surface area contributed by atoms with Crippen molar-refractivity contribution in [3.63, 3.8) is 0 Å². The zero-order chi connectivity index (χ0) is 25.3. The number of carbonyl (C=O) groups is 2. The lowest BCUT2D eigenvalue weighted by Crippen LogP contribution is -2.70. The highest BCUT2D eigenvalue weighted by molar-refractivity contribution is 7.86. The van der Waals surface area contributed by atoms with Crippen LogP contribution in [0.4, 0.5) is 4.39 Å². The molecule has 190 valence electrons. The molecule has 3 saturated carbocycles. The Labute approximate surface area is 197 Å². The van der Waals surface area contributed by atoms with Crippen LogP contribution in [0.25, 0.3) is 0 Å². The molecule has 34 heavy (non-hydrogen) atoms. The summed E-state index contributed by atoms with van der Waals surface area (Å²) in [6.45, 7) is 2.35. The number of alkyl halides is 1.